The molecule has 0 aromatic carbocycles. The van der Waals surface area contributed by atoms with Gasteiger partial charge < -0.3 is 15.5 Å². The summed E-state index contributed by atoms with van der Waals surface area (Å²) in [6.45, 7) is 3.80. The zero-order valence-corrected chi connectivity index (χ0v) is 13.8. The van der Waals surface area contributed by atoms with Crippen molar-refractivity contribution in [1.82, 2.24) is 25.8 Å². The van der Waals surface area contributed by atoms with Gasteiger partial charge >= 0.3 is 0 Å². The monoisotopic (exact) mass is 333 g/mol. The lowest BCUT2D eigenvalue weighted by molar-refractivity contribution is -0.157. The molecular weight excluding hydrogens is 310 g/mol. The number of aromatic nitrogens is 2. The van der Waals surface area contributed by atoms with E-state index in [1.165, 1.54) is 0 Å². The predicted octanol–water partition coefficient (Wildman–Crippen LogP) is -0.0168. The van der Waals surface area contributed by atoms with Gasteiger partial charge in [-0.05, 0) is 38.6 Å². The van der Waals surface area contributed by atoms with Crippen molar-refractivity contribution >= 4 is 11.8 Å². The van der Waals surface area contributed by atoms with E-state index in [0.717, 1.165) is 32.4 Å². The van der Waals surface area contributed by atoms with E-state index in [-0.39, 0.29) is 36.4 Å². The van der Waals surface area contributed by atoms with Crippen molar-refractivity contribution in [2.24, 2.45) is 11.8 Å². The first kappa shape index (κ1) is 15.6. The molecule has 3 fully saturated rings. The zero-order chi connectivity index (χ0) is 16.7. The molecule has 0 unspecified atom stereocenters. The van der Waals surface area contributed by atoms with Gasteiger partial charge in [-0.1, -0.05) is 10.3 Å². The highest BCUT2D eigenvalue weighted by Gasteiger charge is 2.50. The Kier molecular flexibility index (Phi) is 3.99. The zero-order valence-electron chi connectivity index (χ0n) is 13.8. The minimum atomic E-state index is -0.382. The molecule has 1 aromatic heterocycles. The van der Waals surface area contributed by atoms with Gasteiger partial charge in [-0.15, -0.1) is 0 Å². The van der Waals surface area contributed by atoms with Crippen molar-refractivity contribution < 1.29 is 14.2 Å². The highest BCUT2D eigenvalue weighted by molar-refractivity contribution is 5.89. The quantitative estimate of drug-likeness (QED) is 0.806. The van der Waals surface area contributed by atoms with Crippen LogP contribution in [0.4, 0.5) is 0 Å². The van der Waals surface area contributed by atoms with Gasteiger partial charge in [0.2, 0.25) is 11.8 Å². The fourth-order valence-electron chi connectivity index (χ4n) is 4.54. The third-order valence-corrected chi connectivity index (χ3v) is 5.69. The van der Waals surface area contributed by atoms with Gasteiger partial charge in [-0.2, -0.15) is 0 Å². The number of carbonyl (C=O) groups excluding carboxylic acids is 2. The smallest absolute Gasteiger partial charge is 0.243 e. The molecule has 4 rings (SSSR count). The number of hydrogen-bond donors (Lipinski definition) is 2. The molecule has 3 saturated heterocycles. The second-order valence-electron chi connectivity index (χ2n) is 7.13. The molecule has 4 heterocycles. The molecule has 4 atom stereocenters. The van der Waals surface area contributed by atoms with Crippen molar-refractivity contribution in [2.45, 2.75) is 51.2 Å². The fourth-order valence-corrected chi connectivity index (χ4v) is 4.54. The van der Waals surface area contributed by atoms with E-state index < -0.39 is 0 Å². The number of nitrogens with one attached hydrogen (secondary N) is 2. The first-order valence-corrected chi connectivity index (χ1v) is 8.72. The first-order chi connectivity index (χ1) is 11.6. The molecule has 1 aromatic rings. The van der Waals surface area contributed by atoms with E-state index in [1.807, 2.05) is 4.90 Å². The Labute approximate surface area is 140 Å². The van der Waals surface area contributed by atoms with E-state index in [9.17, 15) is 9.59 Å². The van der Waals surface area contributed by atoms with E-state index in [0.29, 0.717) is 23.7 Å². The van der Waals surface area contributed by atoms with Gasteiger partial charge in [-0.25, -0.2) is 4.63 Å². The predicted molar refractivity (Wildman–Crippen MR) is 83.6 cm³/mol. The Morgan fingerprint density at radius 3 is 3.00 bits per heavy atom. The molecule has 3 aliphatic rings. The summed E-state index contributed by atoms with van der Waals surface area (Å²) < 4.78 is 4.67. The first-order valence-electron chi connectivity index (χ1n) is 8.72. The molecule has 2 N–H and O–H groups in total. The maximum atomic E-state index is 12.9. The number of fused-ring (bicyclic) bond motifs is 4. The van der Waals surface area contributed by atoms with Crippen LogP contribution < -0.4 is 10.6 Å². The largest absolute Gasteiger partial charge is 0.348 e. The molecule has 0 spiro atoms. The number of rotatable bonds is 3. The molecule has 24 heavy (non-hydrogen) atoms. The molecule has 8 nitrogen and oxygen atoms in total. The maximum Gasteiger partial charge on any atom is 0.243 e. The Morgan fingerprint density at radius 2 is 2.21 bits per heavy atom. The Bertz CT molecular complexity index is 645. The normalized spacial score (nSPS) is 32.4. The highest BCUT2D eigenvalue weighted by Crippen LogP contribution is 2.39. The Balaban J connectivity index is 1.53. The number of nitrogens with zero attached hydrogens (tertiary/aromatic N) is 3. The molecule has 8 heteroatoms. The number of piperidine rings is 3. The number of hydrogen-bond acceptors (Lipinski definition) is 6. The molecule has 0 aliphatic carbocycles. The van der Waals surface area contributed by atoms with Gasteiger partial charge in [-0.3, -0.25) is 9.59 Å². The van der Waals surface area contributed by atoms with Gasteiger partial charge in [0.25, 0.3) is 0 Å². The summed E-state index contributed by atoms with van der Waals surface area (Å²) >= 11 is 0. The van der Waals surface area contributed by atoms with E-state index >= 15 is 0 Å². The fraction of sp³-hybridized carbons (Fsp3) is 0.750. The van der Waals surface area contributed by atoms with Gasteiger partial charge in [0.1, 0.15) is 17.4 Å². The second-order valence-corrected chi connectivity index (χ2v) is 7.13. The molecule has 2 bridgehead atoms. The van der Waals surface area contributed by atoms with Crippen molar-refractivity contribution in [3.63, 3.8) is 0 Å². The van der Waals surface area contributed by atoms with Crippen LogP contribution in [-0.4, -0.2) is 52.2 Å². The van der Waals surface area contributed by atoms with Crippen LogP contribution in [-0.2, 0) is 16.1 Å². The lowest BCUT2D eigenvalue weighted by Crippen LogP contribution is -2.67. The summed E-state index contributed by atoms with van der Waals surface area (Å²) in [5.74, 6) is 0.685. The van der Waals surface area contributed by atoms with Crippen molar-refractivity contribution in [1.29, 1.82) is 0 Å². The molecule has 130 valence electrons. The van der Waals surface area contributed by atoms with Crippen molar-refractivity contribution in [3.05, 3.63) is 11.4 Å². The van der Waals surface area contributed by atoms with Crippen LogP contribution in [0.3, 0.4) is 0 Å². The lowest BCUT2D eigenvalue weighted by atomic mass is 9.72. The summed E-state index contributed by atoms with van der Waals surface area (Å²) in [4.78, 5) is 27.3. The number of carbonyl (C=O) groups is 2. The van der Waals surface area contributed by atoms with E-state index in [1.54, 1.807) is 6.92 Å². The van der Waals surface area contributed by atoms with Gasteiger partial charge in [0, 0.05) is 24.9 Å². The third kappa shape index (κ3) is 2.58. The van der Waals surface area contributed by atoms with Crippen LogP contribution in [0.25, 0.3) is 0 Å². The summed E-state index contributed by atoms with van der Waals surface area (Å²) in [6, 6.07) is -0.187. The summed E-state index contributed by atoms with van der Waals surface area (Å²) in [5.41, 5.74) is 1.30. The number of aryl methyl sites for hydroxylation is 1. The molecule has 0 radical (unpaired) electrons. The summed E-state index contributed by atoms with van der Waals surface area (Å²) in [5, 5.41) is 13.9. The maximum absolute atomic E-state index is 12.9. The Hall–Kier alpha value is -1.96. The minimum Gasteiger partial charge on any atom is -0.348 e. The van der Waals surface area contributed by atoms with Crippen LogP contribution in [0.2, 0.25) is 0 Å². The van der Waals surface area contributed by atoms with Crippen LogP contribution in [0.5, 0.6) is 0 Å². The summed E-state index contributed by atoms with van der Waals surface area (Å²) in [6.07, 6.45) is 3.50. The van der Waals surface area contributed by atoms with Crippen LogP contribution in [0.1, 0.15) is 37.1 Å². The number of amides is 2. The highest BCUT2D eigenvalue weighted by atomic mass is 16.6. The minimum absolute atomic E-state index is 0.0928. The van der Waals surface area contributed by atoms with Crippen LogP contribution in [0.15, 0.2) is 4.63 Å². The summed E-state index contributed by atoms with van der Waals surface area (Å²) in [7, 11) is 0. The van der Waals surface area contributed by atoms with Gasteiger partial charge in [0.05, 0.1) is 6.54 Å². The standard InChI is InChI=1S/C16H23N5O3/c1-9-12(20-24-19-9)8-18-16(23)15-11-5-10(6-17-7-11)13-3-2-4-14(22)21(13)15/h10-11,13,15,17H,2-8H2,1H3,(H,18,23)/t10-,11+,13+,15-/m1/s1. The lowest BCUT2D eigenvalue weighted by Gasteiger charge is -2.53. The van der Waals surface area contributed by atoms with Crippen LogP contribution >= 0.6 is 0 Å². The molecule has 0 saturated carbocycles. The van der Waals surface area contributed by atoms with E-state index in [2.05, 4.69) is 25.6 Å². The van der Waals surface area contributed by atoms with Gasteiger partial charge in [0.15, 0.2) is 0 Å². The van der Waals surface area contributed by atoms with Crippen molar-refractivity contribution in [2.75, 3.05) is 13.1 Å². The Morgan fingerprint density at radius 1 is 1.38 bits per heavy atom. The molecule has 3 aliphatic heterocycles. The van der Waals surface area contributed by atoms with Crippen molar-refractivity contribution in [3.8, 4) is 0 Å². The third-order valence-electron chi connectivity index (χ3n) is 5.69. The molecule has 2 amide bonds. The van der Waals surface area contributed by atoms with E-state index in [4.69, 9.17) is 0 Å². The SMILES string of the molecule is Cc1nonc1CNC(=O)[C@H]1[C@@H]2CNC[C@@H](C2)[C@@H]2CCCC(=O)N21. The average molecular weight is 333 g/mol. The molecular formula is C16H23N5O3. The second kappa shape index (κ2) is 6.16. The topological polar surface area (TPSA) is 100 Å². The average Bonchev–Trinajstić information content (AvgIpc) is 2.99. The van der Waals surface area contributed by atoms with Crippen LogP contribution in [0, 0.1) is 18.8 Å².